The van der Waals surface area contributed by atoms with Gasteiger partial charge in [0.05, 0.1) is 21.7 Å². The SMILES string of the molecule is CCC(COC)Nc1ccc2scnc2c1[N+](=O)[O-]. The lowest BCUT2D eigenvalue weighted by atomic mass is 10.2. The van der Waals surface area contributed by atoms with E-state index >= 15 is 0 Å². The van der Waals surface area contributed by atoms with E-state index in [9.17, 15) is 10.1 Å². The monoisotopic (exact) mass is 281 g/mol. The first-order chi connectivity index (χ1) is 9.17. The Kier molecular flexibility index (Phi) is 4.28. The van der Waals surface area contributed by atoms with Crippen LogP contribution in [0.15, 0.2) is 17.6 Å². The van der Waals surface area contributed by atoms with Crippen molar-refractivity contribution in [2.75, 3.05) is 19.0 Å². The number of nitrogens with one attached hydrogen (secondary N) is 1. The highest BCUT2D eigenvalue weighted by Gasteiger charge is 2.22. The van der Waals surface area contributed by atoms with Gasteiger partial charge in [-0.3, -0.25) is 10.1 Å². The molecule has 2 aromatic rings. The van der Waals surface area contributed by atoms with Crippen LogP contribution in [-0.2, 0) is 4.74 Å². The van der Waals surface area contributed by atoms with Crippen molar-refractivity contribution < 1.29 is 9.66 Å². The number of rotatable bonds is 6. The van der Waals surface area contributed by atoms with E-state index in [2.05, 4.69) is 10.3 Å². The fourth-order valence-corrected chi connectivity index (χ4v) is 2.58. The van der Waals surface area contributed by atoms with Crippen LogP contribution in [0.4, 0.5) is 11.4 Å². The van der Waals surface area contributed by atoms with Gasteiger partial charge >= 0.3 is 5.69 Å². The topological polar surface area (TPSA) is 77.3 Å². The van der Waals surface area contributed by atoms with Crippen LogP contribution in [0, 0.1) is 10.1 Å². The first-order valence-electron chi connectivity index (χ1n) is 5.93. The number of hydrogen-bond donors (Lipinski definition) is 1. The molecule has 6 nitrogen and oxygen atoms in total. The normalized spacial score (nSPS) is 12.5. The van der Waals surface area contributed by atoms with Crippen molar-refractivity contribution in [1.82, 2.24) is 4.98 Å². The number of aromatic nitrogens is 1. The molecule has 0 spiro atoms. The van der Waals surface area contributed by atoms with Gasteiger partial charge in [0, 0.05) is 13.2 Å². The summed E-state index contributed by atoms with van der Waals surface area (Å²) in [4.78, 5) is 15.0. The molecule has 102 valence electrons. The summed E-state index contributed by atoms with van der Waals surface area (Å²) in [5.41, 5.74) is 2.58. The lowest BCUT2D eigenvalue weighted by Crippen LogP contribution is -2.24. The Balaban J connectivity index is 2.41. The minimum absolute atomic E-state index is 0.0355. The summed E-state index contributed by atoms with van der Waals surface area (Å²) in [6.07, 6.45) is 0.820. The standard InChI is InChI=1S/C12H15N3O3S/c1-3-8(6-18-2)14-9-4-5-10-11(13-7-19-10)12(9)15(16)17/h4-5,7-8,14H,3,6H2,1-2H3. The zero-order valence-electron chi connectivity index (χ0n) is 10.8. The van der Waals surface area contributed by atoms with E-state index in [1.165, 1.54) is 11.3 Å². The number of nitro groups is 1. The molecule has 7 heteroatoms. The van der Waals surface area contributed by atoms with E-state index in [1.54, 1.807) is 18.7 Å². The molecule has 0 fully saturated rings. The zero-order chi connectivity index (χ0) is 13.8. The molecule has 1 aromatic carbocycles. The summed E-state index contributed by atoms with van der Waals surface area (Å²) in [6, 6.07) is 3.62. The van der Waals surface area contributed by atoms with E-state index in [4.69, 9.17) is 4.74 Å². The first kappa shape index (κ1) is 13.7. The van der Waals surface area contributed by atoms with E-state index in [0.717, 1.165) is 11.1 Å². The van der Waals surface area contributed by atoms with Crippen molar-refractivity contribution in [2.24, 2.45) is 0 Å². The minimum Gasteiger partial charge on any atom is -0.383 e. The zero-order valence-corrected chi connectivity index (χ0v) is 11.6. The molecule has 1 atom stereocenters. The summed E-state index contributed by atoms with van der Waals surface area (Å²) in [6.45, 7) is 2.51. The smallest absolute Gasteiger partial charge is 0.319 e. The lowest BCUT2D eigenvalue weighted by molar-refractivity contribution is -0.382. The Bertz CT molecular complexity index is 585. The van der Waals surface area contributed by atoms with Crippen molar-refractivity contribution in [3.63, 3.8) is 0 Å². The second-order valence-electron chi connectivity index (χ2n) is 4.12. The van der Waals surface area contributed by atoms with Gasteiger partial charge < -0.3 is 10.1 Å². The Morgan fingerprint density at radius 3 is 3.00 bits per heavy atom. The van der Waals surface area contributed by atoms with Crippen LogP contribution < -0.4 is 5.32 Å². The Morgan fingerprint density at radius 2 is 2.37 bits per heavy atom. The number of hydrogen-bond acceptors (Lipinski definition) is 6. The van der Waals surface area contributed by atoms with Gasteiger partial charge in [-0.1, -0.05) is 6.92 Å². The highest BCUT2D eigenvalue weighted by molar-refractivity contribution is 7.16. The second-order valence-corrected chi connectivity index (χ2v) is 5.01. The number of anilines is 1. The molecule has 0 aliphatic heterocycles. The summed E-state index contributed by atoms with van der Waals surface area (Å²) in [7, 11) is 1.61. The van der Waals surface area contributed by atoms with Gasteiger partial charge in [0.15, 0.2) is 5.52 Å². The molecule has 0 radical (unpaired) electrons. The number of benzene rings is 1. The van der Waals surface area contributed by atoms with Crippen LogP contribution >= 0.6 is 11.3 Å². The largest absolute Gasteiger partial charge is 0.383 e. The van der Waals surface area contributed by atoms with Crippen LogP contribution in [0.2, 0.25) is 0 Å². The summed E-state index contributed by atoms with van der Waals surface area (Å²) in [5, 5.41) is 14.4. The molecule has 1 N–H and O–H groups in total. The number of fused-ring (bicyclic) bond motifs is 1. The molecule has 1 aromatic heterocycles. The van der Waals surface area contributed by atoms with E-state index in [-0.39, 0.29) is 16.7 Å². The van der Waals surface area contributed by atoms with Crippen molar-refractivity contribution in [2.45, 2.75) is 19.4 Å². The van der Waals surface area contributed by atoms with Crippen LogP contribution in [0.25, 0.3) is 10.2 Å². The van der Waals surface area contributed by atoms with Gasteiger partial charge in [-0.15, -0.1) is 11.3 Å². The fourth-order valence-electron chi connectivity index (χ4n) is 1.90. The molecule has 0 amide bonds. The van der Waals surface area contributed by atoms with Crippen molar-refractivity contribution in [1.29, 1.82) is 0 Å². The Labute approximate surface area is 114 Å². The Hall–Kier alpha value is -1.73. The highest BCUT2D eigenvalue weighted by Crippen LogP contribution is 2.34. The molecule has 0 saturated carbocycles. The highest BCUT2D eigenvalue weighted by atomic mass is 32.1. The van der Waals surface area contributed by atoms with Gasteiger partial charge in [0.25, 0.3) is 0 Å². The van der Waals surface area contributed by atoms with E-state index < -0.39 is 0 Å². The molecule has 2 rings (SSSR count). The van der Waals surface area contributed by atoms with Gasteiger partial charge in [0.2, 0.25) is 0 Å². The summed E-state index contributed by atoms with van der Waals surface area (Å²) >= 11 is 1.39. The number of thiazole rings is 1. The maximum Gasteiger partial charge on any atom is 0.319 e. The fraction of sp³-hybridized carbons (Fsp3) is 0.417. The van der Waals surface area contributed by atoms with Crippen LogP contribution in [0.1, 0.15) is 13.3 Å². The molecular weight excluding hydrogens is 266 g/mol. The van der Waals surface area contributed by atoms with Crippen LogP contribution in [0.5, 0.6) is 0 Å². The van der Waals surface area contributed by atoms with Crippen molar-refractivity contribution >= 4 is 32.9 Å². The maximum atomic E-state index is 11.3. The van der Waals surface area contributed by atoms with E-state index in [0.29, 0.717) is 17.8 Å². The molecular formula is C12H15N3O3S. The third kappa shape index (κ3) is 2.82. The van der Waals surface area contributed by atoms with Crippen molar-refractivity contribution in [3.05, 3.63) is 27.8 Å². The molecule has 0 bridgehead atoms. The molecule has 1 unspecified atom stereocenters. The number of nitrogens with zero attached hydrogens (tertiary/aromatic N) is 2. The van der Waals surface area contributed by atoms with Crippen LogP contribution in [0.3, 0.4) is 0 Å². The molecule has 1 heterocycles. The van der Waals surface area contributed by atoms with Crippen molar-refractivity contribution in [3.8, 4) is 0 Å². The van der Waals surface area contributed by atoms with Gasteiger partial charge in [0.1, 0.15) is 5.69 Å². The van der Waals surface area contributed by atoms with Crippen LogP contribution in [-0.4, -0.2) is 29.7 Å². The lowest BCUT2D eigenvalue weighted by Gasteiger charge is -2.17. The Morgan fingerprint density at radius 1 is 1.58 bits per heavy atom. The number of ether oxygens (including phenoxy) is 1. The summed E-state index contributed by atoms with van der Waals surface area (Å²) < 4.78 is 5.91. The predicted octanol–water partition coefficient (Wildman–Crippen LogP) is 3.04. The molecule has 19 heavy (non-hydrogen) atoms. The van der Waals surface area contributed by atoms with Gasteiger partial charge in [-0.05, 0) is 18.6 Å². The third-order valence-electron chi connectivity index (χ3n) is 2.88. The molecule has 0 aliphatic rings. The average molecular weight is 281 g/mol. The minimum atomic E-state index is -0.385. The average Bonchev–Trinajstić information content (AvgIpc) is 2.85. The number of methoxy groups -OCH3 is 1. The quantitative estimate of drug-likeness (QED) is 0.650. The molecule has 0 aliphatic carbocycles. The maximum absolute atomic E-state index is 11.3. The van der Waals surface area contributed by atoms with Gasteiger partial charge in [-0.25, -0.2) is 4.98 Å². The second kappa shape index (κ2) is 5.94. The third-order valence-corrected chi connectivity index (χ3v) is 3.67. The number of nitro benzene ring substituents is 1. The predicted molar refractivity (Wildman–Crippen MR) is 75.9 cm³/mol. The first-order valence-corrected chi connectivity index (χ1v) is 6.81. The molecule has 0 saturated heterocycles. The van der Waals surface area contributed by atoms with E-state index in [1.807, 2.05) is 13.0 Å². The summed E-state index contributed by atoms with van der Waals surface area (Å²) in [5.74, 6) is 0. The van der Waals surface area contributed by atoms with Gasteiger partial charge in [-0.2, -0.15) is 0 Å².